The highest BCUT2D eigenvalue weighted by atomic mass is 79.9. The van der Waals surface area contributed by atoms with Gasteiger partial charge in [-0.05, 0) is 59.1 Å². The molecule has 0 atom stereocenters. The van der Waals surface area contributed by atoms with E-state index in [1.54, 1.807) is 36.4 Å². The van der Waals surface area contributed by atoms with E-state index in [0.29, 0.717) is 15.9 Å². The lowest BCUT2D eigenvalue weighted by Crippen LogP contribution is -2.32. The summed E-state index contributed by atoms with van der Waals surface area (Å²) in [6, 6.07) is 10.4. The van der Waals surface area contributed by atoms with Crippen LogP contribution in [-0.4, -0.2) is 17.9 Å². The van der Waals surface area contributed by atoms with Gasteiger partial charge in [-0.2, -0.15) is 0 Å². The Morgan fingerprint density at radius 3 is 2.57 bits per heavy atom. The molecule has 23 heavy (non-hydrogen) atoms. The molecule has 6 heteroatoms. The Morgan fingerprint density at radius 1 is 1.09 bits per heavy atom. The highest BCUT2D eigenvalue weighted by molar-refractivity contribution is 9.10. The van der Waals surface area contributed by atoms with E-state index < -0.39 is 0 Å². The summed E-state index contributed by atoms with van der Waals surface area (Å²) in [5.74, 6) is -0.254. The van der Waals surface area contributed by atoms with Gasteiger partial charge >= 0.3 is 0 Å². The first-order chi connectivity index (χ1) is 11.1. The Morgan fingerprint density at radius 2 is 1.87 bits per heavy atom. The third kappa shape index (κ3) is 4.01. The maximum Gasteiger partial charge on any atom is 0.291 e. The molecule has 0 unspecified atom stereocenters. The number of carbonyl (C=O) groups is 2. The van der Waals surface area contributed by atoms with Crippen molar-refractivity contribution in [2.45, 2.75) is 31.7 Å². The fourth-order valence-corrected chi connectivity index (χ4v) is 3.01. The highest BCUT2D eigenvalue weighted by Gasteiger charge is 2.18. The minimum Gasteiger partial charge on any atom is -0.444 e. The third-order valence-corrected chi connectivity index (χ3v) is 4.30. The lowest BCUT2D eigenvalue weighted by atomic mass is 10.1. The van der Waals surface area contributed by atoms with E-state index >= 15 is 0 Å². The molecule has 120 valence electrons. The smallest absolute Gasteiger partial charge is 0.291 e. The van der Waals surface area contributed by atoms with Gasteiger partial charge in [-0.3, -0.25) is 9.59 Å². The molecule has 2 aromatic rings. The highest BCUT2D eigenvalue weighted by Crippen LogP contribution is 2.19. The number of nitrogens with one attached hydrogen (secondary N) is 2. The summed E-state index contributed by atoms with van der Waals surface area (Å²) in [7, 11) is 0. The molecule has 5 nitrogen and oxygen atoms in total. The van der Waals surface area contributed by atoms with Gasteiger partial charge in [-0.25, -0.2) is 0 Å². The summed E-state index contributed by atoms with van der Waals surface area (Å²) >= 11 is 3.16. The van der Waals surface area contributed by atoms with Gasteiger partial charge in [0, 0.05) is 17.3 Å². The van der Waals surface area contributed by atoms with E-state index in [1.165, 1.54) is 12.8 Å². The number of rotatable bonds is 4. The largest absolute Gasteiger partial charge is 0.444 e. The predicted octanol–water partition coefficient (Wildman–Crippen LogP) is 3.97. The summed E-state index contributed by atoms with van der Waals surface area (Å²) in [5, 5.41) is 5.76. The van der Waals surface area contributed by atoms with Gasteiger partial charge in [0.05, 0.1) is 0 Å². The SMILES string of the molecule is O=C(NC1CCCC1)c1cccc(NC(=O)c2ccc(Br)o2)c1. The zero-order valence-corrected chi connectivity index (χ0v) is 14.1. The quantitative estimate of drug-likeness (QED) is 0.847. The van der Waals surface area contributed by atoms with E-state index in [1.807, 2.05) is 0 Å². The van der Waals surface area contributed by atoms with Crippen LogP contribution in [0.15, 0.2) is 45.5 Å². The van der Waals surface area contributed by atoms with E-state index in [9.17, 15) is 9.59 Å². The molecule has 1 aliphatic carbocycles. The van der Waals surface area contributed by atoms with Crippen molar-refractivity contribution in [2.75, 3.05) is 5.32 Å². The number of amides is 2. The molecule has 2 N–H and O–H groups in total. The molecular formula is C17H17BrN2O3. The number of furan rings is 1. The lowest BCUT2D eigenvalue weighted by molar-refractivity contribution is 0.0936. The van der Waals surface area contributed by atoms with Crippen LogP contribution in [0, 0.1) is 0 Å². The van der Waals surface area contributed by atoms with Crippen LogP contribution in [0.4, 0.5) is 5.69 Å². The standard InChI is InChI=1S/C17H17BrN2O3/c18-15-9-8-14(23-15)17(22)20-13-7-3-4-11(10-13)16(21)19-12-5-1-2-6-12/h3-4,7-10,12H,1-2,5-6H2,(H,19,21)(H,20,22). The lowest BCUT2D eigenvalue weighted by Gasteiger charge is -2.12. The Kier molecular flexibility index (Phi) is 4.81. The maximum absolute atomic E-state index is 12.3. The first-order valence-corrected chi connectivity index (χ1v) is 8.39. The van der Waals surface area contributed by atoms with Crippen molar-refractivity contribution in [3.63, 3.8) is 0 Å². The number of hydrogen-bond acceptors (Lipinski definition) is 3. The Labute approximate surface area is 142 Å². The minimum atomic E-state index is -0.357. The molecule has 0 spiro atoms. The average molecular weight is 377 g/mol. The summed E-state index contributed by atoms with van der Waals surface area (Å²) in [6.45, 7) is 0. The van der Waals surface area contributed by atoms with Crippen LogP contribution in [0.3, 0.4) is 0 Å². The molecule has 1 heterocycles. The topological polar surface area (TPSA) is 71.3 Å². The fraction of sp³-hybridized carbons (Fsp3) is 0.294. The van der Waals surface area contributed by atoms with Gasteiger partial charge in [0.25, 0.3) is 11.8 Å². The van der Waals surface area contributed by atoms with Gasteiger partial charge < -0.3 is 15.1 Å². The molecule has 0 bridgehead atoms. The average Bonchev–Trinajstić information content (AvgIpc) is 3.19. The molecule has 1 fully saturated rings. The van der Waals surface area contributed by atoms with Crippen LogP contribution < -0.4 is 10.6 Å². The van der Waals surface area contributed by atoms with Crippen LogP contribution >= 0.6 is 15.9 Å². The normalized spacial score (nSPS) is 14.7. The van der Waals surface area contributed by atoms with Gasteiger partial charge in [0.1, 0.15) is 0 Å². The minimum absolute atomic E-state index is 0.103. The number of anilines is 1. The zero-order chi connectivity index (χ0) is 16.2. The van der Waals surface area contributed by atoms with Crippen LogP contribution in [0.2, 0.25) is 0 Å². The summed E-state index contributed by atoms with van der Waals surface area (Å²) in [4.78, 5) is 24.3. The Bertz CT molecular complexity index is 720. The van der Waals surface area contributed by atoms with Crippen molar-refractivity contribution < 1.29 is 14.0 Å². The van der Waals surface area contributed by atoms with Crippen LogP contribution in [0.1, 0.15) is 46.6 Å². The molecular weight excluding hydrogens is 360 g/mol. The van der Waals surface area contributed by atoms with Gasteiger partial charge in [0.15, 0.2) is 10.4 Å². The molecule has 1 aromatic heterocycles. The van der Waals surface area contributed by atoms with E-state index in [0.717, 1.165) is 12.8 Å². The number of benzene rings is 1. The molecule has 3 rings (SSSR count). The van der Waals surface area contributed by atoms with Gasteiger partial charge in [-0.1, -0.05) is 18.9 Å². The number of hydrogen-bond donors (Lipinski definition) is 2. The Hall–Kier alpha value is -2.08. The first kappa shape index (κ1) is 15.8. The third-order valence-electron chi connectivity index (χ3n) is 3.87. The molecule has 0 radical (unpaired) electrons. The second-order valence-corrected chi connectivity index (χ2v) is 6.38. The summed E-state index contributed by atoms with van der Waals surface area (Å²) in [5.41, 5.74) is 1.09. The van der Waals surface area contributed by atoms with Crippen molar-refractivity contribution >= 4 is 33.4 Å². The van der Waals surface area contributed by atoms with Gasteiger partial charge in [0.2, 0.25) is 0 Å². The van der Waals surface area contributed by atoms with Crippen LogP contribution in [-0.2, 0) is 0 Å². The van der Waals surface area contributed by atoms with Crippen LogP contribution in [0.5, 0.6) is 0 Å². The molecule has 0 saturated heterocycles. The number of carbonyl (C=O) groups excluding carboxylic acids is 2. The summed E-state index contributed by atoms with van der Waals surface area (Å²) in [6.07, 6.45) is 4.41. The second-order valence-electron chi connectivity index (χ2n) is 5.59. The zero-order valence-electron chi connectivity index (χ0n) is 12.5. The van der Waals surface area contributed by atoms with Crippen molar-refractivity contribution in [1.29, 1.82) is 0 Å². The maximum atomic E-state index is 12.3. The molecule has 1 aliphatic rings. The molecule has 1 saturated carbocycles. The molecule has 1 aromatic carbocycles. The van der Waals surface area contributed by atoms with Crippen molar-refractivity contribution in [3.05, 3.63) is 52.4 Å². The van der Waals surface area contributed by atoms with Crippen LogP contribution in [0.25, 0.3) is 0 Å². The first-order valence-electron chi connectivity index (χ1n) is 7.59. The van der Waals surface area contributed by atoms with E-state index in [-0.39, 0.29) is 23.6 Å². The van der Waals surface area contributed by atoms with Crippen molar-refractivity contribution in [2.24, 2.45) is 0 Å². The Balaban J connectivity index is 1.66. The predicted molar refractivity (Wildman–Crippen MR) is 90.5 cm³/mol. The number of halogens is 1. The van der Waals surface area contributed by atoms with Crippen molar-refractivity contribution in [3.8, 4) is 0 Å². The molecule has 2 amide bonds. The van der Waals surface area contributed by atoms with Crippen molar-refractivity contribution in [1.82, 2.24) is 5.32 Å². The van der Waals surface area contributed by atoms with Gasteiger partial charge in [-0.15, -0.1) is 0 Å². The monoisotopic (exact) mass is 376 g/mol. The summed E-state index contributed by atoms with van der Waals surface area (Å²) < 4.78 is 5.70. The fourth-order valence-electron chi connectivity index (χ4n) is 2.71. The van der Waals surface area contributed by atoms with E-state index in [4.69, 9.17) is 4.42 Å². The van der Waals surface area contributed by atoms with E-state index in [2.05, 4.69) is 26.6 Å². The second kappa shape index (κ2) is 7.00. The molecule has 0 aliphatic heterocycles.